The second kappa shape index (κ2) is 8.11. The number of aromatic amines is 1. The van der Waals surface area contributed by atoms with Crippen LogP contribution in [0.1, 0.15) is 48.3 Å². The Morgan fingerprint density at radius 2 is 2.10 bits per heavy atom. The number of hydrogen-bond acceptors (Lipinski definition) is 5. The number of carbonyl (C=O) groups is 1. The zero-order valence-corrected chi connectivity index (χ0v) is 18.3. The van der Waals surface area contributed by atoms with Gasteiger partial charge in [0.25, 0.3) is 5.56 Å². The van der Waals surface area contributed by atoms with Crippen LogP contribution < -0.4 is 10.3 Å². The topological polar surface area (TPSA) is 78.5 Å². The summed E-state index contributed by atoms with van der Waals surface area (Å²) >= 11 is 0. The molecule has 1 saturated carbocycles. The largest absolute Gasteiger partial charge is 0.496 e. The molecule has 0 spiro atoms. The third-order valence-corrected chi connectivity index (χ3v) is 7.07. The van der Waals surface area contributed by atoms with E-state index in [1.165, 1.54) is 0 Å². The van der Waals surface area contributed by atoms with Crippen molar-refractivity contribution in [2.75, 3.05) is 26.7 Å². The fourth-order valence-corrected chi connectivity index (χ4v) is 4.99. The summed E-state index contributed by atoms with van der Waals surface area (Å²) in [6.45, 7) is 5.75. The lowest BCUT2D eigenvalue weighted by Crippen LogP contribution is -2.36. The Kier molecular flexibility index (Phi) is 5.30. The number of carbonyl (C=O) groups excluding carboxylic acids is 1. The average Bonchev–Trinajstić information content (AvgIpc) is 3.31. The first-order valence-corrected chi connectivity index (χ1v) is 11.3. The molecule has 1 amide bonds. The van der Waals surface area contributed by atoms with E-state index in [0.717, 1.165) is 67.3 Å². The van der Waals surface area contributed by atoms with Crippen molar-refractivity contribution in [2.24, 2.45) is 11.8 Å². The van der Waals surface area contributed by atoms with Gasteiger partial charge in [0.2, 0.25) is 5.91 Å². The Hall–Kier alpha value is -2.67. The SMILES string of the molecule is COc1ccccc1CN1CCc2nc(C3CCN(C(=O)C4CC4C)C3)[nH]c(=O)c2C1. The maximum Gasteiger partial charge on any atom is 0.255 e. The predicted octanol–water partition coefficient (Wildman–Crippen LogP) is 2.31. The predicted molar refractivity (Wildman–Crippen MR) is 117 cm³/mol. The molecule has 3 unspecified atom stereocenters. The summed E-state index contributed by atoms with van der Waals surface area (Å²) in [6.07, 6.45) is 2.64. The first-order valence-electron chi connectivity index (χ1n) is 11.3. The van der Waals surface area contributed by atoms with Gasteiger partial charge in [-0.1, -0.05) is 25.1 Å². The van der Waals surface area contributed by atoms with Gasteiger partial charge in [-0.25, -0.2) is 4.98 Å². The van der Waals surface area contributed by atoms with Crippen molar-refractivity contribution < 1.29 is 9.53 Å². The molecule has 7 nitrogen and oxygen atoms in total. The molecule has 7 heteroatoms. The van der Waals surface area contributed by atoms with Gasteiger partial charge in [0.15, 0.2) is 0 Å². The molecule has 3 aliphatic rings. The summed E-state index contributed by atoms with van der Waals surface area (Å²) in [7, 11) is 1.68. The molecule has 1 aromatic carbocycles. The van der Waals surface area contributed by atoms with Crippen LogP contribution in [0.4, 0.5) is 0 Å². The highest BCUT2D eigenvalue weighted by atomic mass is 16.5. The minimum atomic E-state index is -0.0367. The third kappa shape index (κ3) is 3.99. The van der Waals surface area contributed by atoms with Gasteiger partial charge in [-0.2, -0.15) is 0 Å². The number of methoxy groups -OCH3 is 1. The van der Waals surface area contributed by atoms with Crippen LogP contribution in [-0.4, -0.2) is 52.4 Å². The van der Waals surface area contributed by atoms with Crippen molar-refractivity contribution in [3.05, 3.63) is 57.3 Å². The number of H-pyrrole nitrogens is 1. The number of nitrogens with one attached hydrogen (secondary N) is 1. The van der Waals surface area contributed by atoms with Crippen LogP contribution >= 0.6 is 0 Å². The van der Waals surface area contributed by atoms with Gasteiger partial charge in [-0.3, -0.25) is 14.5 Å². The number of hydrogen-bond donors (Lipinski definition) is 1. The van der Waals surface area contributed by atoms with E-state index >= 15 is 0 Å². The Labute approximate surface area is 182 Å². The highest BCUT2D eigenvalue weighted by Gasteiger charge is 2.43. The summed E-state index contributed by atoms with van der Waals surface area (Å²) in [5.74, 6) is 2.76. The molecule has 0 bridgehead atoms. The Bertz CT molecular complexity index is 1050. The molecule has 3 heterocycles. The van der Waals surface area contributed by atoms with Crippen molar-refractivity contribution in [3.8, 4) is 5.75 Å². The van der Waals surface area contributed by atoms with E-state index < -0.39 is 0 Å². The average molecular weight is 423 g/mol. The summed E-state index contributed by atoms with van der Waals surface area (Å²) in [4.78, 5) is 37.6. The van der Waals surface area contributed by atoms with Crippen molar-refractivity contribution in [3.63, 3.8) is 0 Å². The van der Waals surface area contributed by atoms with E-state index in [-0.39, 0.29) is 23.3 Å². The van der Waals surface area contributed by atoms with E-state index in [9.17, 15) is 9.59 Å². The standard InChI is InChI=1S/C24H30N4O3/c1-15-11-18(15)24(30)28-10-7-17(13-28)22-25-20-8-9-27(14-19(20)23(29)26-22)12-16-5-3-4-6-21(16)31-2/h3-6,15,17-18H,7-14H2,1-2H3,(H,25,26,29). The molecule has 2 aliphatic heterocycles. The monoisotopic (exact) mass is 422 g/mol. The highest BCUT2D eigenvalue weighted by molar-refractivity contribution is 5.81. The first kappa shape index (κ1) is 20.2. The van der Waals surface area contributed by atoms with Crippen LogP contribution in [0.15, 0.2) is 29.1 Å². The fraction of sp³-hybridized carbons (Fsp3) is 0.542. The van der Waals surface area contributed by atoms with Gasteiger partial charge in [-0.05, 0) is 24.8 Å². The molecule has 164 valence electrons. The molecular formula is C24H30N4O3. The lowest BCUT2D eigenvalue weighted by Gasteiger charge is -2.28. The number of likely N-dealkylation sites (tertiary alicyclic amines) is 1. The van der Waals surface area contributed by atoms with Crippen LogP contribution in [0.3, 0.4) is 0 Å². The first-order chi connectivity index (χ1) is 15.0. The Morgan fingerprint density at radius 1 is 1.29 bits per heavy atom. The van der Waals surface area contributed by atoms with Crippen LogP contribution in [0, 0.1) is 11.8 Å². The summed E-state index contributed by atoms with van der Waals surface area (Å²) in [6, 6.07) is 8.01. The Balaban J connectivity index is 1.28. The lowest BCUT2D eigenvalue weighted by atomic mass is 10.0. The highest BCUT2D eigenvalue weighted by Crippen LogP contribution is 2.40. The van der Waals surface area contributed by atoms with Crippen molar-refractivity contribution >= 4 is 5.91 Å². The van der Waals surface area contributed by atoms with Crippen LogP contribution in [0.5, 0.6) is 5.75 Å². The van der Waals surface area contributed by atoms with E-state index in [4.69, 9.17) is 9.72 Å². The zero-order chi connectivity index (χ0) is 21.5. The van der Waals surface area contributed by atoms with Crippen molar-refractivity contribution in [1.82, 2.24) is 19.8 Å². The molecule has 5 rings (SSSR count). The lowest BCUT2D eigenvalue weighted by molar-refractivity contribution is -0.131. The van der Waals surface area contributed by atoms with E-state index in [1.54, 1.807) is 7.11 Å². The molecule has 31 heavy (non-hydrogen) atoms. The van der Waals surface area contributed by atoms with Crippen LogP contribution in [0.25, 0.3) is 0 Å². The molecule has 3 atom stereocenters. The van der Waals surface area contributed by atoms with Gasteiger partial charge in [0.05, 0.1) is 18.4 Å². The quantitative estimate of drug-likeness (QED) is 0.800. The fourth-order valence-electron chi connectivity index (χ4n) is 4.99. The summed E-state index contributed by atoms with van der Waals surface area (Å²) in [5, 5.41) is 0. The smallest absolute Gasteiger partial charge is 0.255 e. The summed E-state index contributed by atoms with van der Waals surface area (Å²) in [5.41, 5.74) is 2.76. The van der Waals surface area contributed by atoms with Gasteiger partial charge in [0, 0.05) is 56.5 Å². The number of nitrogens with zero attached hydrogens (tertiary/aromatic N) is 3. The number of aromatic nitrogens is 2. The van der Waals surface area contributed by atoms with Crippen molar-refractivity contribution in [2.45, 2.75) is 45.2 Å². The minimum absolute atomic E-state index is 0.0367. The molecule has 1 aromatic heterocycles. The van der Waals surface area contributed by atoms with Gasteiger partial charge in [0.1, 0.15) is 11.6 Å². The van der Waals surface area contributed by atoms with E-state index in [1.807, 2.05) is 23.1 Å². The molecule has 0 radical (unpaired) electrons. The van der Waals surface area contributed by atoms with Gasteiger partial charge < -0.3 is 14.6 Å². The molecule has 2 fully saturated rings. The van der Waals surface area contributed by atoms with Crippen LogP contribution in [0.2, 0.25) is 0 Å². The molecule has 1 aliphatic carbocycles. The van der Waals surface area contributed by atoms with Gasteiger partial charge in [-0.15, -0.1) is 0 Å². The number of fused-ring (bicyclic) bond motifs is 1. The molecule has 2 aromatic rings. The second-order valence-corrected chi connectivity index (χ2v) is 9.24. The van der Waals surface area contributed by atoms with Gasteiger partial charge >= 0.3 is 0 Å². The van der Waals surface area contributed by atoms with Crippen molar-refractivity contribution in [1.29, 1.82) is 0 Å². The second-order valence-electron chi connectivity index (χ2n) is 9.24. The summed E-state index contributed by atoms with van der Waals surface area (Å²) < 4.78 is 5.47. The minimum Gasteiger partial charge on any atom is -0.496 e. The Morgan fingerprint density at radius 3 is 2.87 bits per heavy atom. The van der Waals surface area contributed by atoms with Crippen LogP contribution in [-0.2, 0) is 24.3 Å². The third-order valence-electron chi connectivity index (χ3n) is 7.07. The number of amides is 1. The number of ether oxygens (including phenoxy) is 1. The zero-order valence-electron chi connectivity index (χ0n) is 18.3. The molecule has 1 saturated heterocycles. The number of benzene rings is 1. The maximum atomic E-state index is 12.9. The molecular weight excluding hydrogens is 392 g/mol. The van der Waals surface area contributed by atoms with E-state index in [0.29, 0.717) is 19.0 Å². The number of rotatable bonds is 5. The van der Waals surface area contributed by atoms with E-state index in [2.05, 4.69) is 22.9 Å². The molecule has 1 N–H and O–H groups in total. The number of para-hydroxylation sites is 1. The normalized spacial score (nSPS) is 25.4. The maximum absolute atomic E-state index is 12.9.